The lowest BCUT2D eigenvalue weighted by atomic mass is 9.99. The molecule has 134 valence electrons. The van der Waals surface area contributed by atoms with Gasteiger partial charge >= 0.3 is 6.09 Å². The van der Waals surface area contributed by atoms with Crippen molar-refractivity contribution in [3.63, 3.8) is 0 Å². The maximum Gasteiger partial charge on any atom is 0.410 e. The Morgan fingerprint density at radius 1 is 1.46 bits per heavy atom. The highest BCUT2D eigenvalue weighted by molar-refractivity contribution is 6.30. The second kappa shape index (κ2) is 6.44. The first-order chi connectivity index (χ1) is 10.9. The fourth-order valence-corrected chi connectivity index (χ4v) is 2.81. The van der Waals surface area contributed by atoms with Crippen LogP contribution in [0.15, 0.2) is 18.2 Å². The smallest absolute Gasteiger partial charge is 0.410 e. The van der Waals surface area contributed by atoms with Gasteiger partial charge in [-0.05, 0) is 38.8 Å². The van der Waals surface area contributed by atoms with Crippen LogP contribution < -0.4 is 5.73 Å². The molecule has 1 aromatic rings. The van der Waals surface area contributed by atoms with Gasteiger partial charge in [0.2, 0.25) is 0 Å². The van der Waals surface area contributed by atoms with E-state index in [9.17, 15) is 18.0 Å². The van der Waals surface area contributed by atoms with Crippen molar-refractivity contribution in [2.75, 3.05) is 6.54 Å². The lowest BCUT2D eigenvalue weighted by molar-refractivity contribution is -0.00942. The van der Waals surface area contributed by atoms with Crippen LogP contribution in [0.25, 0.3) is 0 Å². The summed E-state index contributed by atoms with van der Waals surface area (Å²) in [4.78, 5) is 13.1. The normalized spacial score (nSPS) is 23.4. The molecule has 1 heterocycles. The van der Waals surface area contributed by atoms with Gasteiger partial charge in [-0.2, -0.15) is 0 Å². The molecule has 0 aromatic heterocycles. The van der Waals surface area contributed by atoms with Crippen molar-refractivity contribution in [1.82, 2.24) is 4.90 Å². The Kier molecular flexibility index (Phi) is 5.06. The number of halogens is 4. The van der Waals surface area contributed by atoms with E-state index in [0.717, 1.165) is 4.90 Å². The molecule has 4 nitrogen and oxygen atoms in total. The summed E-state index contributed by atoms with van der Waals surface area (Å²) in [6, 6.07) is 1.58. The van der Waals surface area contributed by atoms with Gasteiger partial charge < -0.3 is 10.5 Å². The molecule has 2 rings (SSSR count). The van der Waals surface area contributed by atoms with Gasteiger partial charge in [0.15, 0.2) is 0 Å². The quantitative estimate of drug-likeness (QED) is 0.872. The van der Waals surface area contributed by atoms with Crippen molar-refractivity contribution in [2.24, 2.45) is 5.73 Å². The number of ether oxygens (including phenoxy) is 1. The SMILES string of the molecule is CC(C)(C)OC(=O)N1CC(F)(F)C(N)[C@H]1Cc1cccc(Cl)c1F. The van der Waals surface area contributed by atoms with Crippen LogP contribution in [0.2, 0.25) is 5.02 Å². The van der Waals surface area contributed by atoms with Gasteiger partial charge in [0.05, 0.1) is 23.7 Å². The van der Waals surface area contributed by atoms with Gasteiger partial charge in [-0.25, -0.2) is 18.0 Å². The van der Waals surface area contributed by atoms with E-state index in [1.807, 2.05) is 0 Å². The Morgan fingerprint density at radius 3 is 2.67 bits per heavy atom. The standard InChI is InChI=1S/C16H20ClF3N2O2/c1-15(2,3)24-14(23)22-8-16(19,20)13(21)11(22)7-9-5-4-6-10(17)12(9)18/h4-6,11,13H,7-8,21H2,1-3H3/t11-,13?/m1/s1. The summed E-state index contributed by atoms with van der Waals surface area (Å²) < 4.78 is 47.3. The van der Waals surface area contributed by atoms with Crippen molar-refractivity contribution in [3.05, 3.63) is 34.6 Å². The Hall–Kier alpha value is -1.47. The summed E-state index contributed by atoms with van der Waals surface area (Å²) in [6.07, 6.45) is -1.08. The fraction of sp³-hybridized carbons (Fsp3) is 0.562. The maximum atomic E-state index is 14.1. The minimum absolute atomic E-state index is 0.116. The van der Waals surface area contributed by atoms with E-state index >= 15 is 0 Å². The predicted octanol–water partition coefficient (Wildman–Crippen LogP) is 3.60. The van der Waals surface area contributed by atoms with Crippen LogP contribution in [0.5, 0.6) is 0 Å². The Balaban J connectivity index is 2.29. The van der Waals surface area contributed by atoms with E-state index in [-0.39, 0.29) is 17.0 Å². The third-order valence-electron chi connectivity index (χ3n) is 3.77. The van der Waals surface area contributed by atoms with Crippen LogP contribution >= 0.6 is 11.6 Å². The van der Waals surface area contributed by atoms with E-state index in [0.29, 0.717) is 0 Å². The molecule has 0 radical (unpaired) electrons. The molecular formula is C16H20ClF3N2O2. The largest absolute Gasteiger partial charge is 0.444 e. The number of rotatable bonds is 2. The first-order valence-corrected chi connectivity index (χ1v) is 7.86. The van der Waals surface area contributed by atoms with Crippen molar-refractivity contribution in [2.45, 2.75) is 50.8 Å². The monoisotopic (exact) mass is 364 g/mol. The van der Waals surface area contributed by atoms with Crippen molar-refractivity contribution >= 4 is 17.7 Å². The zero-order chi connectivity index (χ0) is 18.3. The molecule has 1 unspecified atom stereocenters. The number of nitrogens with zero attached hydrogens (tertiary/aromatic N) is 1. The van der Waals surface area contributed by atoms with Crippen molar-refractivity contribution in [3.8, 4) is 0 Å². The highest BCUT2D eigenvalue weighted by Gasteiger charge is 2.55. The van der Waals surface area contributed by atoms with E-state index in [4.69, 9.17) is 22.1 Å². The van der Waals surface area contributed by atoms with Gasteiger partial charge in [0.25, 0.3) is 5.92 Å². The third kappa shape index (κ3) is 3.95. The van der Waals surface area contributed by atoms with Crippen LogP contribution in [0.4, 0.5) is 18.0 Å². The molecule has 1 aliphatic rings. The van der Waals surface area contributed by atoms with Gasteiger partial charge in [0.1, 0.15) is 11.4 Å². The highest BCUT2D eigenvalue weighted by Crippen LogP contribution is 2.34. The van der Waals surface area contributed by atoms with Gasteiger partial charge in [-0.1, -0.05) is 23.7 Å². The Morgan fingerprint density at radius 2 is 2.08 bits per heavy atom. The lowest BCUT2D eigenvalue weighted by Gasteiger charge is -2.29. The van der Waals surface area contributed by atoms with E-state index in [1.54, 1.807) is 20.8 Å². The van der Waals surface area contributed by atoms with Crippen molar-refractivity contribution in [1.29, 1.82) is 0 Å². The van der Waals surface area contributed by atoms with E-state index in [1.165, 1.54) is 18.2 Å². The molecule has 8 heteroatoms. The molecule has 2 N–H and O–H groups in total. The summed E-state index contributed by atoms with van der Waals surface area (Å²) in [5.41, 5.74) is 4.91. The topological polar surface area (TPSA) is 55.6 Å². The average Bonchev–Trinajstić information content (AvgIpc) is 2.66. The molecule has 1 saturated heterocycles. The first-order valence-electron chi connectivity index (χ1n) is 7.48. The second-order valence-electron chi connectivity index (χ2n) is 6.88. The number of amides is 1. The van der Waals surface area contributed by atoms with E-state index < -0.39 is 42.1 Å². The summed E-state index contributed by atoms with van der Waals surface area (Å²) in [6.45, 7) is 4.02. The second-order valence-corrected chi connectivity index (χ2v) is 7.29. The van der Waals surface area contributed by atoms with Crippen LogP contribution in [0.3, 0.4) is 0 Å². The molecule has 0 spiro atoms. The highest BCUT2D eigenvalue weighted by atomic mass is 35.5. The number of carbonyl (C=O) groups is 1. The number of carbonyl (C=O) groups excluding carboxylic acids is 1. The third-order valence-corrected chi connectivity index (χ3v) is 4.06. The van der Waals surface area contributed by atoms with Crippen molar-refractivity contribution < 1.29 is 22.7 Å². The summed E-state index contributed by atoms with van der Waals surface area (Å²) in [5, 5.41) is -0.116. The molecule has 0 aliphatic carbocycles. The molecule has 0 bridgehead atoms. The maximum absolute atomic E-state index is 14.1. The zero-order valence-electron chi connectivity index (χ0n) is 13.7. The molecule has 24 heavy (non-hydrogen) atoms. The van der Waals surface area contributed by atoms with Crippen LogP contribution in [-0.2, 0) is 11.2 Å². The number of alkyl halides is 2. The molecule has 1 aliphatic heterocycles. The first kappa shape index (κ1) is 18.9. The Labute approximate surface area is 143 Å². The predicted molar refractivity (Wildman–Crippen MR) is 84.8 cm³/mol. The van der Waals surface area contributed by atoms with Crippen LogP contribution in [0.1, 0.15) is 26.3 Å². The summed E-state index contributed by atoms with van der Waals surface area (Å²) >= 11 is 5.72. The molecule has 1 fully saturated rings. The average molecular weight is 365 g/mol. The molecule has 0 saturated carbocycles. The number of likely N-dealkylation sites (tertiary alicyclic amines) is 1. The fourth-order valence-electron chi connectivity index (χ4n) is 2.61. The molecule has 1 aromatic carbocycles. The lowest BCUT2D eigenvalue weighted by Crippen LogP contribution is -2.48. The number of hydrogen-bond acceptors (Lipinski definition) is 3. The van der Waals surface area contributed by atoms with Gasteiger partial charge in [0, 0.05) is 0 Å². The van der Waals surface area contributed by atoms with Gasteiger partial charge in [-0.15, -0.1) is 0 Å². The van der Waals surface area contributed by atoms with Crippen LogP contribution in [-0.4, -0.2) is 41.1 Å². The summed E-state index contributed by atoms with van der Waals surface area (Å²) in [7, 11) is 0. The molecule has 2 atom stereocenters. The number of benzene rings is 1. The minimum atomic E-state index is -3.28. The summed E-state index contributed by atoms with van der Waals surface area (Å²) in [5.74, 6) is -3.98. The Bertz CT molecular complexity index is 634. The van der Waals surface area contributed by atoms with Crippen LogP contribution in [0, 0.1) is 5.82 Å². The number of hydrogen-bond donors (Lipinski definition) is 1. The molecular weight excluding hydrogens is 345 g/mol. The zero-order valence-corrected chi connectivity index (χ0v) is 14.4. The van der Waals surface area contributed by atoms with E-state index in [2.05, 4.69) is 0 Å². The number of nitrogens with two attached hydrogens (primary N) is 1. The van der Waals surface area contributed by atoms with Gasteiger partial charge in [-0.3, -0.25) is 4.90 Å². The minimum Gasteiger partial charge on any atom is -0.444 e. The molecule has 1 amide bonds.